The van der Waals surface area contributed by atoms with Crippen LogP contribution in [0.2, 0.25) is 5.02 Å². The number of amides is 1. The summed E-state index contributed by atoms with van der Waals surface area (Å²) in [5.74, 6) is -0.562. The van der Waals surface area contributed by atoms with Gasteiger partial charge in [-0.15, -0.1) is 11.3 Å². The minimum absolute atomic E-state index is 0.180. The van der Waals surface area contributed by atoms with E-state index in [1.54, 1.807) is 22.8 Å². The molecule has 2 aromatic heterocycles. The fourth-order valence-corrected chi connectivity index (χ4v) is 4.23. The van der Waals surface area contributed by atoms with Crippen molar-refractivity contribution in [1.29, 1.82) is 0 Å². The maximum absolute atomic E-state index is 12.5. The SMILES string of the molecule is NC(=O)c1sc2c(ccc(=O)n2-c2ccccc2)c1Nc1cccc(Cl)c1. The molecule has 27 heavy (non-hydrogen) atoms. The lowest BCUT2D eigenvalue weighted by Gasteiger charge is -2.09. The molecule has 4 rings (SSSR count). The summed E-state index contributed by atoms with van der Waals surface area (Å²) in [7, 11) is 0. The Bertz CT molecular complexity index is 1220. The van der Waals surface area contributed by atoms with Crippen LogP contribution in [0.5, 0.6) is 0 Å². The topological polar surface area (TPSA) is 77.1 Å². The molecule has 0 unspecified atom stereocenters. The van der Waals surface area contributed by atoms with E-state index in [0.29, 0.717) is 20.4 Å². The van der Waals surface area contributed by atoms with Crippen LogP contribution in [0.15, 0.2) is 71.5 Å². The third kappa shape index (κ3) is 3.20. The number of primary amides is 1. The van der Waals surface area contributed by atoms with E-state index in [1.165, 1.54) is 17.4 Å². The molecule has 0 bridgehead atoms. The average molecular weight is 396 g/mol. The van der Waals surface area contributed by atoms with Gasteiger partial charge in [0.05, 0.1) is 11.4 Å². The largest absolute Gasteiger partial charge is 0.365 e. The summed E-state index contributed by atoms with van der Waals surface area (Å²) in [6, 6.07) is 19.6. The number of benzene rings is 2. The highest BCUT2D eigenvalue weighted by atomic mass is 35.5. The molecular weight excluding hydrogens is 382 g/mol. The number of rotatable bonds is 4. The van der Waals surface area contributed by atoms with E-state index in [-0.39, 0.29) is 5.56 Å². The molecule has 0 aliphatic rings. The van der Waals surface area contributed by atoms with Crippen LogP contribution in [0.4, 0.5) is 11.4 Å². The third-order valence-electron chi connectivity index (χ3n) is 4.07. The zero-order valence-electron chi connectivity index (χ0n) is 14.0. The predicted molar refractivity (Wildman–Crippen MR) is 111 cm³/mol. The van der Waals surface area contributed by atoms with Crippen molar-refractivity contribution in [3.63, 3.8) is 0 Å². The Balaban J connectivity index is 1.98. The molecule has 0 spiro atoms. The number of nitrogens with one attached hydrogen (secondary N) is 1. The average Bonchev–Trinajstić information content (AvgIpc) is 3.01. The number of hydrogen-bond acceptors (Lipinski definition) is 4. The Morgan fingerprint density at radius 3 is 2.52 bits per heavy atom. The first-order valence-corrected chi connectivity index (χ1v) is 9.30. The highest BCUT2D eigenvalue weighted by molar-refractivity contribution is 7.21. The van der Waals surface area contributed by atoms with Gasteiger partial charge in [-0.3, -0.25) is 14.2 Å². The number of carbonyl (C=O) groups is 1. The minimum atomic E-state index is -0.562. The van der Waals surface area contributed by atoms with Crippen LogP contribution in [0.25, 0.3) is 15.9 Å². The molecule has 3 N–H and O–H groups in total. The van der Waals surface area contributed by atoms with Crippen LogP contribution >= 0.6 is 22.9 Å². The van der Waals surface area contributed by atoms with Gasteiger partial charge in [-0.05, 0) is 36.4 Å². The Hall–Kier alpha value is -3.09. The molecule has 1 amide bonds. The number of aromatic nitrogens is 1. The van der Waals surface area contributed by atoms with Crippen molar-refractivity contribution in [2.24, 2.45) is 5.73 Å². The number of fused-ring (bicyclic) bond motifs is 1. The van der Waals surface area contributed by atoms with Crippen LogP contribution in [0.3, 0.4) is 0 Å². The van der Waals surface area contributed by atoms with Gasteiger partial charge in [-0.1, -0.05) is 35.9 Å². The first-order valence-electron chi connectivity index (χ1n) is 8.11. The number of nitrogens with two attached hydrogens (primary N) is 1. The highest BCUT2D eigenvalue weighted by Crippen LogP contribution is 2.37. The second kappa shape index (κ2) is 6.90. The molecular formula is C20H14ClN3O2S. The van der Waals surface area contributed by atoms with E-state index in [0.717, 1.165) is 16.8 Å². The molecule has 0 aliphatic heterocycles. The van der Waals surface area contributed by atoms with Gasteiger partial charge in [0.15, 0.2) is 0 Å². The Morgan fingerprint density at radius 2 is 1.81 bits per heavy atom. The van der Waals surface area contributed by atoms with Crippen LogP contribution in [-0.4, -0.2) is 10.5 Å². The molecule has 134 valence electrons. The summed E-state index contributed by atoms with van der Waals surface area (Å²) in [6.07, 6.45) is 0. The van der Waals surface area contributed by atoms with Crippen LogP contribution in [0.1, 0.15) is 9.67 Å². The lowest BCUT2D eigenvalue weighted by atomic mass is 10.2. The maximum atomic E-state index is 12.5. The van der Waals surface area contributed by atoms with Crippen LogP contribution in [0, 0.1) is 0 Å². The van der Waals surface area contributed by atoms with Gasteiger partial charge in [0.1, 0.15) is 9.71 Å². The van der Waals surface area contributed by atoms with Crippen molar-refractivity contribution in [3.8, 4) is 5.69 Å². The quantitative estimate of drug-likeness (QED) is 0.532. The van der Waals surface area contributed by atoms with Gasteiger partial charge in [0.25, 0.3) is 11.5 Å². The normalized spacial score (nSPS) is 10.9. The fraction of sp³-hybridized carbons (Fsp3) is 0. The molecule has 2 aromatic carbocycles. The molecule has 0 saturated carbocycles. The van der Waals surface area contributed by atoms with Crippen LogP contribution in [-0.2, 0) is 0 Å². The Kier molecular flexibility index (Phi) is 4.43. The van der Waals surface area contributed by atoms with Crippen molar-refractivity contribution in [1.82, 2.24) is 4.57 Å². The second-order valence-electron chi connectivity index (χ2n) is 5.87. The third-order valence-corrected chi connectivity index (χ3v) is 5.51. The minimum Gasteiger partial charge on any atom is -0.365 e. The van der Waals surface area contributed by atoms with E-state index < -0.39 is 5.91 Å². The summed E-state index contributed by atoms with van der Waals surface area (Å²) < 4.78 is 1.58. The van der Waals surface area contributed by atoms with Crippen molar-refractivity contribution >= 4 is 50.4 Å². The standard InChI is InChI=1S/C20H14ClN3O2S/c21-12-5-4-6-13(11-12)23-17-15-9-10-16(25)24(14-7-2-1-3-8-14)20(15)27-18(17)19(22)26/h1-11,23H,(H2,22,26). The molecule has 5 nitrogen and oxygen atoms in total. The van der Waals surface area contributed by atoms with Gasteiger partial charge >= 0.3 is 0 Å². The number of thiophene rings is 1. The number of anilines is 2. The van der Waals surface area contributed by atoms with Gasteiger partial charge in [-0.25, -0.2) is 0 Å². The number of carbonyl (C=O) groups excluding carboxylic acids is 1. The molecule has 7 heteroatoms. The zero-order chi connectivity index (χ0) is 19.0. The molecule has 2 heterocycles. The summed E-state index contributed by atoms with van der Waals surface area (Å²) in [6.45, 7) is 0. The van der Waals surface area contributed by atoms with E-state index in [1.807, 2.05) is 42.5 Å². The lowest BCUT2D eigenvalue weighted by Crippen LogP contribution is -2.16. The molecule has 0 aliphatic carbocycles. The van der Waals surface area contributed by atoms with Crippen molar-refractivity contribution in [2.45, 2.75) is 0 Å². The summed E-state index contributed by atoms with van der Waals surface area (Å²) in [5, 5.41) is 4.53. The molecule has 0 atom stereocenters. The van der Waals surface area contributed by atoms with Gasteiger partial charge < -0.3 is 11.1 Å². The van der Waals surface area contributed by atoms with Crippen molar-refractivity contribution < 1.29 is 4.79 Å². The Morgan fingerprint density at radius 1 is 1.04 bits per heavy atom. The number of pyridine rings is 1. The van der Waals surface area contributed by atoms with Gasteiger partial charge in [-0.2, -0.15) is 0 Å². The number of halogens is 1. The van der Waals surface area contributed by atoms with E-state index >= 15 is 0 Å². The predicted octanol–water partition coefficient (Wildman–Crippen LogP) is 4.55. The van der Waals surface area contributed by atoms with Gasteiger partial charge in [0, 0.05) is 22.2 Å². The summed E-state index contributed by atoms with van der Waals surface area (Å²) >= 11 is 7.24. The fourth-order valence-electron chi connectivity index (χ4n) is 2.91. The number of para-hydroxylation sites is 1. The first-order chi connectivity index (χ1) is 13.0. The molecule has 0 saturated heterocycles. The number of hydrogen-bond donors (Lipinski definition) is 2. The van der Waals surface area contributed by atoms with Crippen LogP contribution < -0.4 is 16.6 Å². The molecule has 0 fully saturated rings. The first kappa shape index (κ1) is 17.3. The maximum Gasteiger partial charge on any atom is 0.261 e. The van der Waals surface area contributed by atoms with Crippen molar-refractivity contribution in [3.05, 3.63) is 87.0 Å². The monoisotopic (exact) mass is 395 g/mol. The molecule has 0 radical (unpaired) electrons. The summed E-state index contributed by atoms with van der Waals surface area (Å²) in [4.78, 5) is 25.6. The lowest BCUT2D eigenvalue weighted by molar-refractivity contribution is 0.100. The van der Waals surface area contributed by atoms with Crippen molar-refractivity contribution in [2.75, 3.05) is 5.32 Å². The van der Waals surface area contributed by atoms with E-state index in [2.05, 4.69) is 5.32 Å². The molecule has 4 aromatic rings. The zero-order valence-corrected chi connectivity index (χ0v) is 15.6. The van der Waals surface area contributed by atoms with E-state index in [9.17, 15) is 9.59 Å². The second-order valence-corrected chi connectivity index (χ2v) is 7.30. The smallest absolute Gasteiger partial charge is 0.261 e. The Labute approximate surface area is 163 Å². The highest BCUT2D eigenvalue weighted by Gasteiger charge is 2.20. The van der Waals surface area contributed by atoms with Gasteiger partial charge in [0.2, 0.25) is 0 Å². The number of nitrogens with zero attached hydrogens (tertiary/aromatic N) is 1. The van der Waals surface area contributed by atoms with E-state index in [4.69, 9.17) is 17.3 Å². The summed E-state index contributed by atoms with van der Waals surface area (Å²) in [5.41, 5.74) is 7.44.